The Kier molecular flexibility index (Phi) is 2.58. The van der Waals surface area contributed by atoms with Crippen molar-refractivity contribution in [3.8, 4) is 0 Å². The van der Waals surface area contributed by atoms with Gasteiger partial charge in [-0.15, -0.1) is 0 Å². The van der Waals surface area contributed by atoms with Gasteiger partial charge in [-0.05, 0) is 67.8 Å². The van der Waals surface area contributed by atoms with E-state index in [1.54, 1.807) is 11.1 Å². The standard InChI is InChI=1S/C16H22N2/c1-2-8-18(9-3-1)13-4-5-14-12-6-7-17-16(10-12)15(14)11-13/h4-5,11-12,16-17H,1-3,6-10H2/t12?,16-/m1/s1. The van der Waals surface area contributed by atoms with Crippen LogP contribution in [0.15, 0.2) is 18.2 Å². The molecule has 4 rings (SSSR count). The number of nitrogens with one attached hydrogen (secondary N) is 1. The zero-order valence-electron chi connectivity index (χ0n) is 11.0. The third-order valence-electron chi connectivity index (χ3n) is 5.01. The van der Waals surface area contributed by atoms with Crippen LogP contribution < -0.4 is 10.2 Å². The monoisotopic (exact) mass is 242 g/mol. The normalized spacial score (nSPS) is 30.3. The summed E-state index contributed by atoms with van der Waals surface area (Å²) in [4.78, 5) is 2.58. The Morgan fingerprint density at radius 3 is 2.83 bits per heavy atom. The highest BCUT2D eigenvalue weighted by molar-refractivity contribution is 5.55. The molecule has 1 aromatic carbocycles. The Hall–Kier alpha value is -1.02. The topological polar surface area (TPSA) is 15.3 Å². The smallest absolute Gasteiger partial charge is 0.0369 e. The van der Waals surface area contributed by atoms with Gasteiger partial charge in [-0.2, -0.15) is 0 Å². The van der Waals surface area contributed by atoms with Crippen LogP contribution in [0.5, 0.6) is 0 Å². The van der Waals surface area contributed by atoms with E-state index in [4.69, 9.17) is 0 Å². The lowest BCUT2D eigenvalue weighted by Crippen LogP contribution is -2.29. The van der Waals surface area contributed by atoms with Gasteiger partial charge in [-0.25, -0.2) is 0 Å². The zero-order chi connectivity index (χ0) is 11.9. The molecule has 2 nitrogen and oxygen atoms in total. The molecule has 96 valence electrons. The number of fused-ring (bicyclic) bond motifs is 5. The lowest BCUT2D eigenvalue weighted by Gasteiger charge is -2.29. The molecule has 2 aliphatic heterocycles. The first-order chi connectivity index (χ1) is 8.92. The summed E-state index contributed by atoms with van der Waals surface area (Å²) < 4.78 is 0. The maximum absolute atomic E-state index is 3.68. The Labute approximate surface area is 109 Å². The molecule has 0 spiro atoms. The van der Waals surface area contributed by atoms with Gasteiger partial charge in [0.15, 0.2) is 0 Å². The van der Waals surface area contributed by atoms with Crippen molar-refractivity contribution in [2.75, 3.05) is 24.5 Å². The summed E-state index contributed by atoms with van der Waals surface area (Å²) >= 11 is 0. The second kappa shape index (κ2) is 4.27. The molecular formula is C16H22N2. The van der Waals surface area contributed by atoms with E-state index in [1.165, 1.54) is 57.4 Å². The van der Waals surface area contributed by atoms with Crippen LogP contribution in [0.3, 0.4) is 0 Å². The third kappa shape index (κ3) is 1.66. The number of piperidine rings is 2. The van der Waals surface area contributed by atoms with Crippen molar-refractivity contribution in [3.05, 3.63) is 29.3 Å². The quantitative estimate of drug-likeness (QED) is 0.813. The van der Waals surface area contributed by atoms with E-state index in [2.05, 4.69) is 28.4 Å². The van der Waals surface area contributed by atoms with Gasteiger partial charge in [0.2, 0.25) is 0 Å². The van der Waals surface area contributed by atoms with Gasteiger partial charge < -0.3 is 10.2 Å². The van der Waals surface area contributed by atoms with Crippen molar-refractivity contribution in [1.82, 2.24) is 5.32 Å². The molecule has 2 heteroatoms. The SMILES string of the molecule is c1cc2c(cc1N1CCCCC1)[C@H]1CC2CCN1. The zero-order valence-corrected chi connectivity index (χ0v) is 11.0. The molecule has 2 bridgehead atoms. The van der Waals surface area contributed by atoms with Gasteiger partial charge in [0.05, 0.1) is 0 Å². The van der Waals surface area contributed by atoms with Crippen LogP contribution in [0, 0.1) is 0 Å². The minimum atomic E-state index is 0.642. The van der Waals surface area contributed by atoms with Crippen molar-refractivity contribution in [3.63, 3.8) is 0 Å². The molecule has 0 aromatic heterocycles. The number of anilines is 1. The van der Waals surface area contributed by atoms with Gasteiger partial charge in [-0.1, -0.05) is 6.07 Å². The molecule has 1 aromatic rings. The molecular weight excluding hydrogens is 220 g/mol. The van der Waals surface area contributed by atoms with E-state index < -0.39 is 0 Å². The summed E-state index contributed by atoms with van der Waals surface area (Å²) in [6, 6.07) is 7.90. The predicted molar refractivity (Wildman–Crippen MR) is 75.2 cm³/mol. The van der Waals surface area contributed by atoms with Gasteiger partial charge in [0.25, 0.3) is 0 Å². The fraction of sp³-hybridized carbons (Fsp3) is 0.625. The molecule has 3 aliphatic rings. The highest BCUT2D eigenvalue weighted by Gasteiger charge is 2.34. The van der Waals surface area contributed by atoms with Crippen LogP contribution in [0.25, 0.3) is 0 Å². The second-order valence-electron chi connectivity index (χ2n) is 6.09. The van der Waals surface area contributed by atoms with Crippen molar-refractivity contribution in [2.45, 2.75) is 44.1 Å². The molecule has 2 fully saturated rings. The molecule has 1 N–H and O–H groups in total. The van der Waals surface area contributed by atoms with Crippen LogP contribution in [-0.2, 0) is 0 Å². The highest BCUT2D eigenvalue weighted by atomic mass is 15.1. The number of benzene rings is 1. The van der Waals surface area contributed by atoms with E-state index in [0.29, 0.717) is 6.04 Å². The minimum Gasteiger partial charge on any atom is -0.372 e. The number of rotatable bonds is 1. The van der Waals surface area contributed by atoms with Crippen LogP contribution in [0.4, 0.5) is 5.69 Å². The fourth-order valence-corrected chi connectivity index (χ4v) is 4.02. The average Bonchev–Trinajstić information content (AvgIpc) is 2.71. The molecule has 1 unspecified atom stereocenters. The lowest BCUT2D eigenvalue weighted by atomic mass is 9.96. The van der Waals surface area contributed by atoms with E-state index >= 15 is 0 Å². The lowest BCUT2D eigenvalue weighted by molar-refractivity contribution is 0.409. The second-order valence-corrected chi connectivity index (χ2v) is 6.09. The Morgan fingerprint density at radius 2 is 1.94 bits per heavy atom. The van der Waals surface area contributed by atoms with Crippen LogP contribution in [-0.4, -0.2) is 19.6 Å². The summed E-state index contributed by atoms with van der Waals surface area (Å²) in [5.74, 6) is 0.835. The van der Waals surface area contributed by atoms with E-state index in [9.17, 15) is 0 Å². The van der Waals surface area contributed by atoms with Gasteiger partial charge in [0, 0.05) is 24.8 Å². The Morgan fingerprint density at radius 1 is 1.06 bits per heavy atom. The molecule has 0 saturated carbocycles. The first-order valence-corrected chi connectivity index (χ1v) is 7.54. The van der Waals surface area contributed by atoms with E-state index in [-0.39, 0.29) is 0 Å². The summed E-state index contributed by atoms with van der Waals surface area (Å²) in [6.45, 7) is 3.70. The van der Waals surface area contributed by atoms with Crippen LogP contribution in [0.1, 0.15) is 55.2 Å². The first kappa shape index (κ1) is 10.9. The third-order valence-corrected chi connectivity index (χ3v) is 5.01. The fourth-order valence-electron chi connectivity index (χ4n) is 4.02. The number of nitrogens with zero attached hydrogens (tertiary/aromatic N) is 1. The van der Waals surface area contributed by atoms with Crippen molar-refractivity contribution in [1.29, 1.82) is 0 Å². The summed E-state index contributed by atoms with van der Waals surface area (Å²) in [5, 5.41) is 3.68. The Bertz CT molecular complexity index is 448. The van der Waals surface area contributed by atoms with Gasteiger partial charge in [-0.3, -0.25) is 0 Å². The maximum atomic E-state index is 3.68. The average molecular weight is 242 g/mol. The molecule has 0 amide bonds. The van der Waals surface area contributed by atoms with E-state index in [1.807, 2.05) is 0 Å². The maximum Gasteiger partial charge on any atom is 0.0369 e. The summed E-state index contributed by atoms with van der Waals surface area (Å²) in [6.07, 6.45) is 6.79. The van der Waals surface area contributed by atoms with Crippen LogP contribution >= 0.6 is 0 Å². The molecule has 2 heterocycles. The first-order valence-electron chi connectivity index (χ1n) is 7.54. The van der Waals surface area contributed by atoms with Crippen molar-refractivity contribution >= 4 is 5.69 Å². The van der Waals surface area contributed by atoms with Crippen molar-refractivity contribution < 1.29 is 0 Å². The summed E-state index contributed by atoms with van der Waals surface area (Å²) in [7, 11) is 0. The molecule has 2 atom stereocenters. The van der Waals surface area contributed by atoms with Gasteiger partial charge in [0.1, 0.15) is 0 Å². The van der Waals surface area contributed by atoms with E-state index in [0.717, 1.165) is 5.92 Å². The number of hydrogen-bond acceptors (Lipinski definition) is 2. The van der Waals surface area contributed by atoms with Crippen molar-refractivity contribution in [2.24, 2.45) is 0 Å². The predicted octanol–water partition coefficient (Wildman–Crippen LogP) is 3.20. The molecule has 2 saturated heterocycles. The summed E-state index contributed by atoms with van der Waals surface area (Å²) in [5.41, 5.74) is 4.69. The largest absolute Gasteiger partial charge is 0.372 e. The molecule has 1 aliphatic carbocycles. The number of hydrogen-bond donors (Lipinski definition) is 1. The molecule has 0 radical (unpaired) electrons. The molecule has 18 heavy (non-hydrogen) atoms. The van der Waals surface area contributed by atoms with Gasteiger partial charge >= 0.3 is 0 Å². The van der Waals surface area contributed by atoms with Crippen LogP contribution in [0.2, 0.25) is 0 Å². The minimum absolute atomic E-state index is 0.642. The highest BCUT2D eigenvalue weighted by Crippen LogP contribution is 2.45. The Balaban J connectivity index is 1.67.